The maximum atomic E-state index is 10.9. The first kappa shape index (κ1) is 16.4. The number of carboxylic acids is 1. The van der Waals surface area contributed by atoms with Crippen molar-refractivity contribution >= 4 is 5.97 Å². The molecule has 0 spiro atoms. The smallest absolute Gasteiger partial charge is 0.304 e. The van der Waals surface area contributed by atoms with E-state index in [2.05, 4.69) is 5.32 Å². The maximum Gasteiger partial charge on any atom is 0.304 e. The molecule has 1 aliphatic carbocycles. The Hall–Kier alpha value is -1.95. The topological polar surface area (TPSA) is 77.0 Å². The summed E-state index contributed by atoms with van der Waals surface area (Å²) in [5.41, 5.74) is 0.963. The van der Waals surface area contributed by atoms with E-state index in [1.807, 2.05) is 12.1 Å². The van der Waals surface area contributed by atoms with E-state index in [4.69, 9.17) is 19.3 Å². The first-order valence-corrected chi connectivity index (χ1v) is 7.33. The van der Waals surface area contributed by atoms with Crippen molar-refractivity contribution < 1.29 is 24.1 Å². The highest BCUT2D eigenvalue weighted by molar-refractivity contribution is 5.67. The molecule has 1 aromatic rings. The summed E-state index contributed by atoms with van der Waals surface area (Å²) in [6.07, 6.45) is 2.34. The average molecular weight is 309 g/mol. The number of hydrogen-bond donors (Lipinski definition) is 2. The lowest BCUT2D eigenvalue weighted by Crippen LogP contribution is -2.32. The van der Waals surface area contributed by atoms with Crippen LogP contribution in [-0.2, 0) is 11.3 Å². The summed E-state index contributed by atoms with van der Waals surface area (Å²) in [7, 11) is 4.71. The molecule has 122 valence electrons. The second-order valence-electron chi connectivity index (χ2n) is 5.46. The van der Waals surface area contributed by atoms with Gasteiger partial charge in [0.2, 0.25) is 5.75 Å². The van der Waals surface area contributed by atoms with Gasteiger partial charge in [-0.05, 0) is 36.5 Å². The lowest BCUT2D eigenvalue weighted by Gasteiger charge is -2.18. The molecule has 22 heavy (non-hydrogen) atoms. The Balaban J connectivity index is 2.09. The van der Waals surface area contributed by atoms with Gasteiger partial charge < -0.3 is 24.6 Å². The lowest BCUT2D eigenvalue weighted by molar-refractivity contribution is -0.137. The van der Waals surface area contributed by atoms with Gasteiger partial charge >= 0.3 is 5.97 Å². The molecular formula is C16H23NO5. The molecule has 2 rings (SSSR count). The number of ether oxygens (including phenoxy) is 3. The van der Waals surface area contributed by atoms with Gasteiger partial charge in [0.1, 0.15) is 0 Å². The zero-order valence-electron chi connectivity index (χ0n) is 13.2. The van der Waals surface area contributed by atoms with Gasteiger partial charge in [-0.3, -0.25) is 4.79 Å². The molecule has 0 saturated heterocycles. The Bertz CT molecular complexity index is 502. The summed E-state index contributed by atoms with van der Waals surface area (Å²) < 4.78 is 15.9. The lowest BCUT2D eigenvalue weighted by atomic mass is 10.1. The summed E-state index contributed by atoms with van der Waals surface area (Å²) in [5.74, 6) is 1.45. The Morgan fingerprint density at radius 1 is 1.23 bits per heavy atom. The van der Waals surface area contributed by atoms with Crippen LogP contribution in [0.1, 0.15) is 24.8 Å². The fraction of sp³-hybridized carbons (Fsp3) is 0.562. The molecule has 0 heterocycles. The molecule has 2 N–H and O–H groups in total. The number of rotatable bonds is 9. The summed E-state index contributed by atoms with van der Waals surface area (Å²) in [6, 6.07) is 3.76. The van der Waals surface area contributed by atoms with E-state index in [1.165, 1.54) is 0 Å². The quantitative estimate of drug-likeness (QED) is 0.727. The molecule has 0 radical (unpaired) electrons. The summed E-state index contributed by atoms with van der Waals surface area (Å²) in [5, 5.41) is 12.3. The number of benzene rings is 1. The Labute approximate surface area is 130 Å². The predicted octanol–water partition coefficient (Wildman–Crippen LogP) is 2.06. The van der Waals surface area contributed by atoms with Gasteiger partial charge in [-0.2, -0.15) is 0 Å². The third-order valence-electron chi connectivity index (χ3n) is 3.88. The van der Waals surface area contributed by atoms with Crippen LogP contribution in [0.3, 0.4) is 0 Å². The van der Waals surface area contributed by atoms with Crippen molar-refractivity contribution in [1.82, 2.24) is 5.32 Å². The van der Waals surface area contributed by atoms with E-state index < -0.39 is 5.97 Å². The maximum absolute atomic E-state index is 10.9. The molecule has 1 saturated carbocycles. The van der Waals surface area contributed by atoms with Crippen molar-refractivity contribution in [1.29, 1.82) is 0 Å². The first-order valence-electron chi connectivity index (χ1n) is 7.33. The van der Waals surface area contributed by atoms with Gasteiger partial charge in [-0.1, -0.05) is 0 Å². The van der Waals surface area contributed by atoms with Crippen molar-refractivity contribution in [3.8, 4) is 17.2 Å². The van der Waals surface area contributed by atoms with Crippen LogP contribution in [0.5, 0.6) is 17.2 Å². The number of hydrogen-bond acceptors (Lipinski definition) is 5. The van der Waals surface area contributed by atoms with Crippen molar-refractivity contribution in [2.24, 2.45) is 5.92 Å². The minimum absolute atomic E-state index is 0.0107. The molecule has 6 heteroatoms. The highest BCUT2D eigenvalue weighted by Crippen LogP contribution is 2.38. The predicted molar refractivity (Wildman–Crippen MR) is 81.7 cm³/mol. The number of carbonyl (C=O) groups is 1. The van der Waals surface area contributed by atoms with Crippen molar-refractivity contribution in [3.05, 3.63) is 17.7 Å². The second-order valence-corrected chi connectivity index (χ2v) is 5.46. The Morgan fingerprint density at radius 3 is 2.23 bits per heavy atom. The van der Waals surface area contributed by atoms with E-state index >= 15 is 0 Å². The SMILES string of the molecule is COc1cc(CNC(CC(=O)O)C2CC2)cc(OC)c1OC. The standard InChI is InChI=1S/C16H23NO5/c1-20-13-6-10(7-14(21-2)16(13)22-3)9-17-12(8-15(18)19)11-4-5-11/h6-7,11-12,17H,4-5,8-9H2,1-3H3,(H,18,19). The largest absolute Gasteiger partial charge is 0.493 e. The molecule has 1 fully saturated rings. The number of nitrogens with one attached hydrogen (secondary N) is 1. The second kappa shape index (κ2) is 7.35. The molecule has 0 bridgehead atoms. The van der Waals surface area contributed by atoms with Gasteiger partial charge in [0.15, 0.2) is 11.5 Å². The highest BCUT2D eigenvalue weighted by atomic mass is 16.5. The minimum atomic E-state index is -0.769. The van der Waals surface area contributed by atoms with E-state index in [9.17, 15) is 4.79 Å². The fourth-order valence-electron chi connectivity index (χ4n) is 2.58. The monoisotopic (exact) mass is 309 g/mol. The van der Waals surface area contributed by atoms with Crippen LogP contribution >= 0.6 is 0 Å². The van der Waals surface area contributed by atoms with Gasteiger partial charge in [0, 0.05) is 12.6 Å². The van der Waals surface area contributed by atoms with Gasteiger partial charge in [0.25, 0.3) is 0 Å². The van der Waals surface area contributed by atoms with Gasteiger partial charge in [-0.25, -0.2) is 0 Å². The summed E-state index contributed by atoms with van der Waals surface area (Å²) >= 11 is 0. The first-order chi connectivity index (χ1) is 10.6. The van der Waals surface area contributed by atoms with Crippen LogP contribution in [0.2, 0.25) is 0 Å². The third-order valence-corrected chi connectivity index (χ3v) is 3.88. The Morgan fingerprint density at radius 2 is 1.82 bits per heavy atom. The normalized spacial score (nSPS) is 15.2. The van der Waals surface area contributed by atoms with Crippen LogP contribution in [0.4, 0.5) is 0 Å². The molecular weight excluding hydrogens is 286 g/mol. The van der Waals surface area contributed by atoms with E-state index in [0.29, 0.717) is 29.7 Å². The zero-order valence-corrected chi connectivity index (χ0v) is 13.2. The molecule has 1 atom stereocenters. The van der Waals surface area contributed by atoms with E-state index in [0.717, 1.165) is 18.4 Å². The number of aliphatic carboxylic acids is 1. The van der Waals surface area contributed by atoms with E-state index in [-0.39, 0.29) is 12.5 Å². The minimum Gasteiger partial charge on any atom is -0.493 e. The molecule has 0 aromatic heterocycles. The highest BCUT2D eigenvalue weighted by Gasteiger charge is 2.32. The molecule has 1 unspecified atom stereocenters. The van der Waals surface area contributed by atoms with Crippen LogP contribution in [-0.4, -0.2) is 38.4 Å². The van der Waals surface area contributed by atoms with Crippen molar-refractivity contribution in [3.63, 3.8) is 0 Å². The number of methoxy groups -OCH3 is 3. The fourth-order valence-corrected chi connectivity index (χ4v) is 2.58. The van der Waals surface area contributed by atoms with Gasteiger partial charge in [0.05, 0.1) is 27.8 Å². The molecule has 1 aliphatic rings. The molecule has 6 nitrogen and oxygen atoms in total. The molecule has 0 amide bonds. The van der Waals surface area contributed by atoms with Crippen LogP contribution in [0, 0.1) is 5.92 Å². The van der Waals surface area contributed by atoms with Crippen LogP contribution in [0.15, 0.2) is 12.1 Å². The third kappa shape index (κ3) is 4.04. The van der Waals surface area contributed by atoms with Crippen molar-refractivity contribution in [2.75, 3.05) is 21.3 Å². The Kier molecular flexibility index (Phi) is 5.49. The zero-order chi connectivity index (χ0) is 16.1. The van der Waals surface area contributed by atoms with Gasteiger partial charge in [-0.15, -0.1) is 0 Å². The summed E-state index contributed by atoms with van der Waals surface area (Å²) in [6.45, 7) is 0.561. The molecule has 1 aromatic carbocycles. The average Bonchev–Trinajstić information content (AvgIpc) is 3.34. The number of carboxylic acid groups (broad SMARTS) is 1. The van der Waals surface area contributed by atoms with Crippen LogP contribution < -0.4 is 19.5 Å². The summed E-state index contributed by atoms with van der Waals surface area (Å²) in [4.78, 5) is 10.9. The van der Waals surface area contributed by atoms with Crippen LogP contribution in [0.25, 0.3) is 0 Å². The van der Waals surface area contributed by atoms with Crippen molar-refractivity contribution in [2.45, 2.75) is 31.8 Å². The van der Waals surface area contributed by atoms with E-state index in [1.54, 1.807) is 21.3 Å². The molecule has 0 aliphatic heterocycles.